The highest BCUT2D eigenvalue weighted by atomic mass is 16.1. The SMILES string of the molecule is CNc1ncc(=O)[nH]c1C(C)=O. The van der Waals surface area contributed by atoms with Gasteiger partial charge in [-0.25, -0.2) is 4.98 Å². The second-order valence-electron chi connectivity index (χ2n) is 2.28. The predicted octanol–water partition coefficient (Wildman–Crippen LogP) is 0.0142. The number of aromatic nitrogens is 2. The summed E-state index contributed by atoms with van der Waals surface area (Å²) in [7, 11) is 1.63. The Kier molecular flexibility index (Phi) is 2.23. The number of H-pyrrole nitrogens is 1. The number of aromatic amines is 1. The Labute approximate surface area is 68.8 Å². The second-order valence-corrected chi connectivity index (χ2v) is 2.28. The van der Waals surface area contributed by atoms with Crippen molar-refractivity contribution in [2.45, 2.75) is 6.92 Å². The highest BCUT2D eigenvalue weighted by molar-refractivity contribution is 5.96. The number of hydrogen-bond donors (Lipinski definition) is 2. The molecule has 1 aromatic rings. The smallest absolute Gasteiger partial charge is 0.267 e. The molecule has 1 rings (SSSR count). The number of nitrogens with zero attached hydrogens (tertiary/aromatic N) is 1. The molecule has 0 bridgehead atoms. The van der Waals surface area contributed by atoms with Gasteiger partial charge in [0.2, 0.25) is 0 Å². The van der Waals surface area contributed by atoms with E-state index in [2.05, 4.69) is 15.3 Å². The zero-order valence-electron chi connectivity index (χ0n) is 6.84. The molecule has 0 aliphatic carbocycles. The Balaban J connectivity index is 3.31. The first-order valence-electron chi connectivity index (χ1n) is 3.43. The van der Waals surface area contributed by atoms with Gasteiger partial charge in [0.15, 0.2) is 11.6 Å². The molecule has 0 spiro atoms. The molecule has 0 aliphatic rings. The highest BCUT2D eigenvalue weighted by Crippen LogP contribution is 2.04. The standard InChI is InChI=1S/C7H9N3O2/c1-4(11)6-7(8-2)9-3-5(12)10-6/h3H,1-2H3,(H,8,9)(H,10,12). The van der Waals surface area contributed by atoms with E-state index in [0.29, 0.717) is 5.82 Å². The van der Waals surface area contributed by atoms with Gasteiger partial charge in [0.05, 0.1) is 6.20 Å². The number of hydrogen-bond acceptors (Lipinski definition) is 4. The third kappa shape index (κ3) is 1.50. The van der Waals surface area contributed by atoms with E-state index in [-0.39, 0.29) is 17.0 Å². The Bertz CT molecular complexity index is 356. The van der Waals surface area contributed by atoms with Gasteiger partial charge in [-0.1, -0.05) is 0 Å². The maximum absolute atomic E-state index is 10.9. The number of nitrogens with one attached hydrogen (secondary N) is 2. The van der Waals surface area contributed by atoms with Gasteiger partial charge in [-0.15, -0.1) is 0 Å². The molecule has 0 saturated heterocycles. The van der Waals surface area contributed by atoms with E-state index >= 15 is 0 Å². The highest BCUT2D eigenvalue weighted by Gasteiger charge is 2.07. The van der Waals surface area contributed by atoms with Crippen LogP contribution in [0.5, 0.6) is 0 Å². The first kappa shape index (κ1) is 8.45. The minimum absolute atomic E-state index is 0.213. The van der Waals surface area contributed by atoms with Crippen LogP contribution >= 0.6 is 0 Å². The van der Waals surface area contributed by atoms with Crippen molar-refractivity contribution < 1.29 is 4.79 Å². The summed E-state index contributed by atoms with van der Waals surface area (Å²) in [5.74, 6) is 0.173. The summed E-state index contributed by atoms with van der Waals surface area (Å²) in [6.07, 6.45) is 1.12. The van der Waals surface area contributed by atoms with E-state index in [1.807, 2.05) is 0 Å². The molecule has 0 fully saturated rings. The van der Waals surface area contributed by atoms with Crippen LogP contribution in [0.4, 0.5) is 5.82 Å². The van der Waals surface area contributed by atoms with Gasteiger partial charge in [0, 0.05) is 14.0 Å². The zero-order chi connectivity index (χ0) is 9.14. The van der Waals surface area contributed by atoms with E-state index in [1.54, 1.807) is 7.05 Å². The number of ketones is 1. The number of anilines is 1. The Morgan fingerprint density at radius 2 is 2.33 bits per heavy atom. The van der Waals surface area contributed by atoms with Crippen molar-refractivity contribution in [3.05, 3.63) is 22.2 Å². The minimum atomic E-state index is -0.376. The molecule has 64 valence electrons. The summed E-state index contributed by atoms with van der Waals surface area (Å²) >= 11 is 0. The lowest BCUT2D eigenvalue weighted by Gasteiger charge is -2.02. The maximum Gasteiger partial charge on any atom is 0.267 e. The Morgan fingerprint density at radius 1 is 1.67 bits per heavy atom. The summed E-state index contributed by atoms with van der Waals surface area (Å²) in [5.41, 5.74) is -0.163. The maximum atomic E-state index is 10.9. The molecule has 5 nitrogen and oxygen atoms in total. The third-order valence-electron chi connectivity index (χ3n) is 1.38. The van der Waals surface area contributed by atoms with Crippen molar-refractivity contribution in [3.63, 3.8) is 0 Å². The van der Waals surface area contributed by atoms with Crippen LogP contribution in [0.15, 0.2) is 11.0 Å². The van der Waals surface area contributed by atoms with Crippen LogP contribution in [0.2, 0.25) is 0 Å². The fourth-order valence-corrected chi connectivity index (χ4v) is 0.847. The summed E-state index contributed by atoms with van der Waals surface area (Å²) in [4.78, 5) is 27.8. The molecule has 2 N–H and O–H groups in total. The van der Waals surface area contributed by atoms with E-state index < -0.39 is 0 Å². The molecular weight excluding hydrogens is 158 g/mol. The lowest BCUT2D eigenvalue weighted by Crippen LogP contribution is -2.14. The van der Waals surface area contributed by atoms with Crippen molar-refractivity contribution in [2.24, 2.45) is 0 Å². The van der Waals surface area contributed by atoms with Crippen LogP contribution in [0.3, 0.4) is 0 Å². The molecule has 0 atom stereocenters. The minimum Gasteiger partial charge on any atom is -0.371 e. The van der Waals surface area contributed by atoms with Gasteiger partial charge in [-0.05, 0) is 0 Å². The molecular formula is C7H9N3O2. The Hall–Kier alpha value is -1.65. The van der Waals surface area contributed by atoms with Gasteiger partial charge < -0.3 is 10.3 Å². The molecule has 12 heavy (non-hydrogen) atoms. The van der Waals surface area contributed by atoms with Crippen LogP contribution in [-0.2, 0) is 0 Å². The van der Waals surface area contributed by atoms with Crippen molar-refractivity contribution in [1.29, 1.82) is 0 Å². The van der Waals surface area contributed by atoms with Crippen LogP contribution in [-0.4, -0.2) is 22.8 Å². The van der Waals surface area contributed by atoms with E-state index in [1.165, 1.54) is 6.92 Å². The van der Waals surface area contributed by atoms with Gasteiger partial charge in [-0.3, -0.25) is 9.59 Å². The summed E-state index contributed by atoms with van der Waals surface area (Å²) in [6, 6.07) is 0. The predicted molar refractivity (Wildman–Crippen MR) is 44.4 cm³/mol. The average Bonchev–Trinajstić information content (AvgIpc) is 2.04. The number of Topliss-reactive ketones (excluding diaryl/α,β-unsaturated/α-hetero) is 1. The molecule has 1 aromatic heterocycles. The quantitative estimate of drug-likeness (QED) is 0.608. The lowest BCUT2D eigenvalue weighted by molar-refractivity contribution is 0.101. The third-order valence-corrected chi connectivity index (χ3v) is 1.38. The largest absolute Gasteiger partial charge is 0.371 e. The molecule has 0 aliphatic heterocycles. The van der Waals surface area contributed by atoms with Gasteiger partial charge in [0.1, 0.15) is 5.69 Å². The summed E-state index contributed by atoms with van der Waals surface area (Å²) in [5, 5.41) is 2.70. The molecule has 0 aromatic carbocycles. The zero-order valence-corrected chi connectivity index (χ0v) is 6.84. The first-order chi connectivity index (χ1) is 5.65. The second kappa shape index (κ2) is 3.17. The fraction of sp³-hybridized carbons (Fsp3) is 0.286. The van der Waals surface area contributed by atoms with Crippen LogP contribution < -0.4 is 10.9 Å². The lowest BCUT2D eigenvalue weighted by atomic mass is 10.3. The molecule has 0 saturated carbocycles. The normalized spacial score (nSPS) is 9.50. The molecule has 5 heteroatoms. The van der Waals surface area contributed by atoms with Crippen LogP contribution in [0, 0.1) is 0 Å². The van der Waals surface area contributed by atoms with Crippen molar-refractivity contribution in [2.75, 3.05) is 12.4 Å². The monoisotopic (exact) mass is 167 g/mol. The first-order valence-corrected chi connectivity index (χ1v) is 3.43. The van der Waals surface area contributed by atoms with E-state index in [0.717, 1.165) is 6.20 Å². The van der Waals surface area contributed by atoms with E-state index in [9.17, 15) is 9.59 Å². The van der Waals surface area contributed by atoms with Gasteiger partial charge in [0.25, 0.3) is 5.56 Å². The Morgan fingerprint density at radius 3 is 2.83 bits per heavy atom. The van der Waals surface area contributed by atoms with Gasteiger partial charge >= 0.3 is 0 Å². The fourth-order valence-electron chi connectivity index (χ4n) is 0.847. The number of carbonyl (C=O) groups excluding carboxylic acids is 1. The molecule has 0 amide bonds. The van der Waals surface area contributed by atoms with Gasteiger partial charge in [-0.2, -0.15) is 0 Å². The average molecular weight is 167 g/mol. The molecule has 0 radical (unpaired) electrons. The summed E-state index contributed by atoms with van der Waals surface area (Å²) in [6.45, 7) is 1.37. The van der Waals surface area contributed by atoms with Crippen molar-refractivity contribution >= 4 is 11.6 Å². The topological polar surface area (TPSA) is 74.8 Å². The molecule has 0 unspecified atom stereocenters. The molecule has 1 heterocycles. The van der Waals surface area contributed by atoms with Crippen molar-refractivity contribution in [1.82, 2.24) is 9.97 Å². The van der Waals surface area contributed by atoms with Crippen LogP contribution in [0.1, 0.15) is 17.4 Å². The number of carbonyl (C=O) groups is 1. The van der Waals surface area contributed by atoms with Crippen LogP contribution in [0.25, 0.3) is 0 Å². The number of rotatable bonds is 2. The van der Waals surface area contributed by atoms with E-state index in [4.69, 9.17) is 0 Å². The summed E-state index contributed by atoms with van der Waals surface area (Å²) < 4.78 is 0. The van der Waals surface area contributed by atoms with Crippen molar-refractivity contribution in [3.8, 4) is 0 Å².